The van der Waals surface area contributed by atoms with E-state index in [2.05, 4.69) is 41.0 Å². The largest absolute Gasteiger partial charge is 0.483 e. The zero-order valence-electron chi connectivity index (χ0n) is 21.3. The molecular formula is C27H31Cl2FN6O. The van der Waals surface area contributed by atoms with Crippen molar-refractivity contribution in [3.63, 3.8) is 0 Å². The van der Waals surface area contributed by atoms with E-state index in [-0.39, 0.29) is 28.1 Å². The maximum absolute atomic E-state index is 15.6. The molecule has 4 rings (SSSR count). The fraction of sp³-hybridized carbons (Fsp3) is 0.370. The molecule has 7 nitrogen and oxygen atoms in total. The van der Waals surface area contributed by atoms with Crippen LogP contribution >= 0.6 is 23.2 Å². The number of rotatable bonds is 9. The second-order valence-corrected chi connectivity index (χ2v) is 10.9. The summed E-state index contributed by atoms with van der Waals surface area (Å²) in [5.41, 5.74) is 7.21. The third-order valence-corrected chi connectivity index (χ3v) is 7.03. The third kappa shape index (κ3) is 5.81. The van der Waals surface area contributed by atoms with Crippen molar-refractivity contribution in [3.8, 4) is 5.75 Å². The Kier molecular flexibility index (Phi) is 7.92. The summed E-state index contributed by atoms with van der Waals surface area (Å²) in [7, 11) is 0. The third-order valence-electron chi connectivity index (χ3n) is 6.43. The van der Waals surface area contributed by atoms with Crippen LogP contribution in [0.4, 0.5) is 15.9 Å². The number of nitrogens with zero attached hydrogens (tertiary/aromatic N) is 3. The summed E-state index contributed by atoms with van der Waals surface area (Å²) in [6.45, 7) is 11.0. The molecule has 0 unspecified atom stereocenters. The molecule has 1 atom stereocenters. The fourth-order valence-corrected chi connectivity index (χ4v) is 5.11. The van der Waals surface area contributed by atoms with Crippen LogP contribution in [0.5, 0.6) is 5.75 Å². The molecule has 1 aliphatic heterocycles. The van der Waals surface area contributed by atoms with Gasteiger partial charge in [-0.3, -0.25) is 10.4 Å². The van der Waals surface area contributed by atoms with Crippen LogP contribution < -0.4 is 20.7 Å². The first-order valence-corrected chi connectivity index (χ1v) is 12.8. The Morgan fingerprint density at radius 3 is 2.43 bits per heavy atom. The molecule has 0 bridgehead atoms. The van der Waals surface area contributed by atoms with E-state index in [1.54, 1.807) is 19.2 Å². The highest BCUT2D eigenvalue weighted by molar-refractivity contribution is 6.35. The lowest BCUT2D eigenvalue weighted by Gasteiger charge is -2.49. The number of pyridine rings is 2. The highest BCUT2D eigenvalue weighted by Gasteiger charge is 2.39. The van der Waals surface area contributed by atoms with E-state index < -0.39 is 11.9 Å². The van der Waals surface area contributed by atoms with Crippen molar-refractivity contribution < 1.29 is 9.13 Å². The summed E-state index contributed by atoms with van der Waals surface area (Å²) >= 11 is 12.4. The number of nitrogens with one attached hydrogen (secondary N) is 2. The van der Waals surface area contributed by atoms with E-state index in [1.165, 1.54) is 24.5 Å². The summed E-state index contributed by atoms with van der Waals surface area (Å²) in [5, 5.41) is 12.8. The Balaban J connectivity index is 1.50. The topological polar surface area (TPSA) is 100 Å². The molecule has 1 aliphatic rings. The summed E-state index contributed by atoms with van der Waals surface area (Å²) in [4.78, 5) is 10.7. The van der Waals surface area contributed by atoms with Crippen molar-refractivity contribution in [2.75, 3.05) is 30.3 Å². The van der Waals surface area contributed by atoms with Crippen LogP contribution in [0.25, 0.3) is 0 Å². The molecule has 0 amide bonds. The van der Waals surface area contributed by atoms with Crippen LogP contribution in [0.15, 0.2) is 42.9 Å². The van der Waals surface area contributed by atoms with E-state index in [9.17, 15) is 0 Å². The molecule has 10 heteroatoms. The van der Waals surface area contributed by atoms with Crippen LogP contribution in [0, 0.1) is 16.6 Å². The minimum atomic E-state index is -0.738. The minimum absolute atomic E-state index is 0.0533. The van der Waals surface area contributed by atoms with E-state index in [4.69, 9.17) is 39.1 Å². The van der Waals surface area contributed by atoms with Crippen molar-refractivity contribution >= 4 is 40.4 Å². The molecule has 4 N–H and O–H groups in total. The summed E-state index contributed by atoms with van der Waals surface area (Å²) < 4.78 is 21.4. The van der Waals surface area contributed by atoms with Gasteiger partial charge in [-0.15, -0.1) is 0 Å². The number of aromatic nitrogens is 2. The standard InChI is InChI=1S/C27H31Cl2FN6O/c1-15(2)35-12-27(4)13-36(14-27)22-8-5-17(9-34-22)26(32)24-20(31)6-7-21(25(24)30)37-16(3)23-18(28)10-33-11-19(23)29/h5-11,15-16,32,35H,12-14,31H2,1-4H3/t16-/m1/s1. The smallest absolute Gasteiger partial charge is 0.176 e. The minimum Gasteiger partial charge on any atom is -0.483 e. The van der Waals surface area contributed by atoms with Gasteiger partial charge in [-0.25, -0.2) is 9.37 Å². The first-order valence-electron chi connectivity index (χ1n) is 12.1. The van der Waals surface area contributed by atoms with Crippen LogP contribution in [0.2, 0.25) is 10.0 Å². The Bertz CT molecular complexity index is 1270. The van der Waals surface area contributed by atoms with Gasteiger partial charge in [0.25, 0.3) is 0 Å². The zero-order valence-corrected chi connectivity index (χ0v) is 22.8. The van der Waals surface area contributed by atoms with Crippen LogP contribution in [-0.4, -0.2) is 41.4 Å². The first kappa shape index (κ1) is 27.1. The van der Waals surface area contributed by atoms with Gasteiger partial charge >= 0.3 is 0 Å². The highest BCUT2D eigenvalue weighted by Crippen LogP contribution is 2.36. The molecule has 1 aromatic carbocycles. The van der Waals surface area contributed by atoms with Gasteiger partial charge in [0.15, 0.2) is 11.6 Å². The van der Waals surface area contributed by atoms with Crippen LogP contribution in [-0.2, 0) is 0 Å². The van der Waals surface area contributed by atoms with E-state index in [0.29, 0.717) is 27.2 Å². The molecule has 1 fully saturated rings. The fourth-order valence-electron chi connectivity index (χ4n) is 4.44. The Morgan fingerprint density at radius 2 is 1.84 bits per heavy atom. The van der Waals surface area contributed by atoms with Gasteiger partial charge in [0, 0.05) is 66.5 Å². The van der Waals surface area contributed by atoms with Crippen molar-refractivity contribution in [1.82, 2.24) is 15.3 Å². The van der Waals surface area contributed by atoms with E-state index in [0.717, 1.165) is 25.5 Å². The molecule has 3 heterocycles. The van der Waals surface area contributed by atoms with Gasteiger partial charge in [0.05, 0.1) is 21.3 Å². The Labute approximate surface area is 226 Å². The SMILES string of the molecule is CC(C)NCC1(C)CN(c2ccc(C(=N)c3c(N)ccc(O[C@H](C)c4c(Cl)cncc4Cl)c3F)cn2)C1. The summed E-state index contributed by atoms with van der Waals surface area (Å²) in [5.74, 6) is 0.0206. The van der Waals surface area contributed by atoms with Gasteiger partial charge in [-0.2, -0.15) is 0 Å². The number of anilines is 2. The second kappa shape index (κ2) is 10.8. The Morgan fingerprint density at radius 1 is 1.16 bits per heavy atom. The second-order valence-electron chi connectivity index (χ2n) is 10.1. The molecule has 0 saturated carbocycles. The monoisotopic (exact) mass is 544 g/mol. The average molecular weight is 545 g/mol. The van der Waals surface area contributed by atoms with Gasteiger partial charge in [-0.1, -0.05) is 44.0 Å². The van der Waals surface area contributed by atoms with Crippen molar-refractivity contribution in [2.24, 2.45) is 5.41 Å². The molecule has 1 saturated heterocycles. The van der Waals surface area contributed by atoms with Crippen molar-refractivity contribution in [3.05, 3.63) is 75.4 Å². The average Bonchev–Trinajstić information content (AvgIpc) is 2.83. The van der Waals surface area contributed by atoms with Gasteiger partial charge in [0.2, 0.25) is 0 Å². The Hall–Kier alpha value is -2.94. The molecule has 37 heavy (non-hydrogen) atoms. The number of hydrogen-bond donors (Lipinski definition) is 3. The predicted molar refractivity (Wildman–Crippen MR) is 148 cm³/mol. The maximum atomic E-state index is 15.6. The lowest BCUT2D eigenvalue weighted by molar-refractivity contribution is 0.216. The number of nitrogens with two attached hydrogens (primary N) is 1. The van der Waals surface area contributed by atoms with E-state index in [1.807, 2.05) is 6.07 Å². The predicted octanol–water partition coefficient (Wildman–Crippen LogP) is 5.89. The highest BCUT2D eigenvalue weighted by atomic mass is 35.5. The molecule has 0 spiro atoms. The van der Waals surface area contributed by atoms with Crippen LogP contribution in [0.3, 0.4) is 0 Å². The number of ether oxygens (including phenoxy) is 1. The zero-order chi connectivity index (χ0) is 26.9. The van der Waals surface area contributed by atoms with Crippen LogP contribution in [0.1, 0.15) is 50.5 Å². The molecule has 3 aromatic rings. The first-order chi connectivity index (χ1) is 17.5. The normalized spacial score (nSPS) is 15.4. The maximum Gasteiger partial charge on any atom is 0.176 e. The number of nitrogen functional groups attached to an aromatic ring is 1. The molecular weight excluding hydrogens is 514 g/mol. The number of halogens is 3. The molecule has 2 aromatic heterocycles. The molecule has 0 radical (unpaired) electrons. The lowest BCUT2D eigenvalue weighted by Crippen LogP contribution is -2.59. The van der Waals surface area contributed by atoms with Gasteiger partial charge in [0.1, 0.15) is 11.9 Å². The van der Waals surface area contributed by atoms with E-state index >= 15 is 4.39 Å². The number of hydrogen-bond acceptors (Lipinski definition) is 7. The summed E-state index contributed by atoms with van der Waals surface area (Å²) in [6.07, 6.45) is 3.80. The van der Waals surface area contributed by atoms with Gasteiger partial charge in [-0.05, 0) is 31.2 Å². The quantitative estimate of drug-likeness (QED) is 0.229. The molecule has 0 aliphatic carbocycles. The molecule has 196 valence electrons. The van der Waals surface area contributed by atoms with Gasteiger partial charge < -0.3 is 20.7 Å². The lowest BCUT2D eigenvalue weighted by atomic mass is 9.81. The van der Waals surface area contributed by atoms with Crippen molar-refractivity contribution in [1.29, 1.82) is 5.41 Å². The summed E-state index contributed by atoms with van der Waals surface area (Å²) in [6, 6.07) is 7.00. The number of benzene rings is 1. The van der Waals surface area contributed by atoms with Crippen molar-refractivity contribution in [2.45, 2.75) is 39.8 Å².